The standard InChI is InChI=1S/C33H50O2Si3/c1-34-38(8,32(35-37(5,6)7)33-22-25-19-26(23-33)21-27(20-25)24-33)31(29-17-13-10-14-18-29)30(36(2,3)4)28-15-11-9-12-16-28/h9-18,25-27,32H,19-24H2,1-8H3/b31-30+. The first-order valence-corrected chi connectivity index (χ1v) is 24.3. The maximum atomic E-state index is 7.54. The van der Waals surface area contributed by atoms with E-state index in [9.17, 15) is 0 Å². The molecule has 4 saturated carbocycles. The summed E-state index contributed by atoms with van der Waals surface area (Å²) in [5.41, 5.74) is 3.16. The smallest absolute Gasteiger partial charge is 0.248 e. The maximum absolute atomic E-state index is 7.54. The van der Waals surface area contributed by atoms with Crippen molar-refractivity contribution < 1.29 is 8.85 Å². The molecule has 2 unspecified atom stereocenters. The van der Waals surface area contributed by atoms with Crippen molar-refractivity contribution in [2.75, 3.05) is 7.11 Å². The van der Waals surface area contributed by atoms with Gasteiger partial charge in [-0.3, -0.25) is 0 Å². The van der Waals surface area contributed by atoms with Crippen molar-refractivity contribution in [3.63, 3.8) is 0 Å². The van der Waals surface area contributed by atoms with E-state index in [1.165, 1.54) is 54.8 Å². The van der Waals surface area contributed by atoms with Crippen LogP contribution in [0.2, 0.25) is 45.8 Å². The fourth-order valence-electron chi connectivity index (χ4n) is 8.86. The molecular formula is C33H50O2Si3. The van der Waals surface area contributed by atoms with E-state index < -0.39 is 24.7 Å². The molecule has 0 N–H and O–H groups in total. The van der Waals surface area contributed by atoms with E-state index in [2.05, 4.69) is 106 Å². The van der Waals surface area contributed by atoms with Gasteiger partial charge in [-0.05, 0) is 104 Å². The van der Waals surface area contributed by atoms with Crippen LogP contribution in [0, 0.1) is 23.2 Å². The Kier molecular flexibility index (Phi) is 7.66. The van der Waals surface area contributed by atoms with Crippen molar-refractivity contribution in [1.82, 2.24) is 0 Å². The lowest BCUT2D eigenvalue weighted by molar-refractivity contribution is -0.0953. The van der Waals surface area contributed by atoms with E-state index in [4.69, 9.17) is 8.85 Å². The molecule has 4 aliphatic carbocycles. The van der Waals surface area contributed by atoms with Crippen molar-refractivity contribution in [3.8, 4) is 0 Å². The summed E-state index contributed by atoms with van der Waals surface area (Å²) in [5, 5.41) is 3.07. The highest BCUT2D eigenvalue weighted by Gasteiger charge is 2.62. The third kappa shape index (κ3) is 5.38. The van der Waals surface area contributed by atoms with Crippen molar-refractivity contribution in [1.29, 1.82) is 0 Å². The Bertz CT molecular complexity index is 1110. The fraction of sp³-hybridized carbons (Fsp3) is 0.576. The second kappa shape index (κ2) is 10.3. The predicted molar refractivity (Wildman–Crippen MR) is 170 cm³/mol. The van der Waals surface area contributed by atoms with Gasteiger partial charge in [-0.15, -0.1) is 0 Å². The molecule has 38 heavy (non-hydrogen) atoms. The Morgan fingerprint density at radius 2 is 1.11 bits per heavy atom. The van der Waals surface area contributed by atoms with Gasteiger partial charge in [0.05, 0.1) is 13.8 Å². The Morgan fingerprint density at radius 3 is 1.47 bits per heavy atom. The number of hydrogen-bond donors (Lipinski definition) is 0. The molecule has 0 radical (unpaired) electrons. The molecule has 0 spiro atoms. The molecule has 2 atom stereocenters. The summed E-state index contributed by atoms with van der Waals surface area (Å²) in [7, 11) is -4.29. The first-order chi connectivity index (χ1) is 17.8. The van der Waals surface area contributed by atoms with E-state index in [-0.39, 0.29) is 11.1 Å². The topological polar surface area (TPSA) is 18.5 Å². The fourth-order valence-corrected chi connectivity index (χ4v) is 19.2. The monoisotopic (exact) mass is 562 g/mol. The van der Waals surface area contributed by atoms with Crippen LogP contribution in [0.1, 0.15) is 49.7 Å². The zero-order chi connectivity index (χ0) is 27.3. The zero-order valence-electron chi connectivity index (χ0n) is 25.1. The molecule has 4 bridgehead atoms. The van der Waals surface area contributed by atoms with Crippen LogP contribution in [0.5, 0.6) is 0 Å². The van der Waals surface area contributed by atoms with Gasteiger partial charge in [-0.25, -0.2) is 0 Å². The van der Waals surface area contributed by atoms with Crippen LogP contribution >= 0.6 is 0 Å². The number of benzene rings is 2. The molecule has 0 amide bonds. The van der Waals surface area contributed by atoms with E-state index >= 15 is 0 Å². The molecule has 0 aromatic heterocycles. The molecule has 6 rings (SSSR count). The van der Waals surface area contributed by atoms with E-state index in [0.29, 0.717) is 0 Å². The third-order valence-electron chi connectivity index (χ3n) is 9.66. The third-order valence-corrected chi connectivity index (χ3v) is 17.2. The summed E-state index contributed by atoms with van der Waals surface area (Å²) in [6.07, 6.45) is 8.39. The van der Waals surface area contributed by atoms with Crippen LogP contribution in [0.3, 0.4) is 0 Å². The second-order valence-electron chi connectivity index (χ2n) is 14.9. The average Bonchev–Trinajstić information content (AvgIpc) is 2.84. The first-order valence-electron chi connectivity index (χ1n) is 14.9. The van der Waals surface area contributed by atoms with Crippen molar-refractivity contribution in [3.05, 3.63) is 71.8 Å². The summed E-state index contributed by atoms with van der Waals surface area (Å²) in [6, 6.07) is 22.5. The summed E-state index contributed by atoms with van der Waals surface area (Å²) >= 11 is 0. The molecule has 2 nitrogen and oxygen atoms in total. The van der Waals surface area contributed by atoms with Crippen LogP contribution in [0.4, 0.5) is 0 Å². The Balaban J connectivity index is 1.79. The van der Waals surface area contributed by atoms with Gasteiger partial charge in [0.15, 0.2) is 8.32 Å². The minimum atomic E-state index is -2.65. The van der Waals surface area contributed by atoms with Crippen LogP contribution in [0.25, 0.3) is 10.4 Å². The molecular weight excluding hydrogens is 513 g/mol. The summed E-state index contributed by atoms with van der Waals surface area (Å²) < 4.78 is 14.6. The molecule has 2 aromatic rings. The molecule has 4 fully saturated rings. The van der Waals surface area contributed by atoms with Gasteiger partial charge in [0.2, 0.25) is 8.32 Å². The molecule has 206 valence electrons. The van der Waals surface area contributed by atoms with Gasteiger partial charge in [0, 0.05) is 7.11 Å². The summed E-state index contributed by atoms with van der Waals surface area (Å²) in [6.45, 7) is 17.3. The highest BCUT2D eigenvalue weighted by atomic mass is 28.4. The maximum Gasteiger partial charge on any atom is 0.248 e. The van der Waals surface area contributed by atoms with Gasteiger partial charge in [-0.1, -0.05) is 85.5 Å². The Morgan fingerprint density at radius 1 is 0.684 bits per heavy atom. The van der Waals surface area contributed by atoms with Gasteiger partial charge in [0.25, 0.3) is 0 Å². The molecule has 5 heteroatoms. The van der Waals surface area contributed by atoms with E-state index in [1.54, 1.807) is 5.20 Å². The first kappa shape index (κ1) is 28.3. The number of hydrogen-bond acceptors (Lipinski definition) is 2. The largest absolute Gasteiger partial charge is 0.414 e. The zero-order valence-corrected chi connectivity index (χ0v) is 28.1. The van der Waals surface area contributed by atoms with Gasteiger partial charge in [-0.2, -0.15) is 0 Å². The molecule has 0 aliphatic heterocycles. The number of rotatable bonds is 9. The van der Waals surface area contributed by atoms with Gasteiger partial charge in [0.1, 0.15) is 0 Å². The Labute approximate surface area is 235 Å². The highest BCUT2D eigenvalue weighted by Crippen LogP contribution is 2.64. The normalized spacial score (nSPS) is 30.1. The average molecular weight is 563 g/mol. The van der Waals surface area contributed by atoms with Crippen molar-refractivity contribution in [2.24, 2.45) is 23.2 Å². The Hall–Kier alpha value is -1.25. The molecule has 0 heterocycles. The van der Waals surface area contributed by atoms with Crippen LogP contribution in [-0.4, -0.2) is 37.5 Å². The molecule has 0 saturated heterocycles. The molecule has 2 aromatic carbocycles. The second-order valence-corrected chi connectivity index (χ2v) is 28.0. The molecule has 4 aliphatic rings. The summed E-state index contributed by atoms with van der Waals surface area (Å²) in [4.78, 5) is 0. The van der Waals surface area contributed by atoms with Crippen molar-refractivity contribution >= 4 is 35.1 Å². The predicted octanol–water partition coefficient (Wildman–Crippen LogP) is 9.21. The van der Waals surface area contributed by atoms with Gasteiger partial charge >= 0.3 is 0 Å². The quantitative estimate of drug-likeness (QED) is 0.224. The lowest BCUT2D eigenvalue weighted by atomic mass is 9.50. The van der Waals surface area contributed by atoms with Crippen LogP contribution in [0.15, 0.2) is 60.7 Å². The van der Waals surface area contributed by atoms with Gasteiger partial charge < -0.3 is 8.85 Å². The minimum absolute atomic E-state index is 0.185. The van der Waals surface area contributed by atoms with Crippen LogP contribution in [-0.2, 0) is 8.85 Å². The lowest BCUT2D eigenvalue weighted by Crippen LogP contribution is -2.65. The minimum Gasteiger partial charge on any atom is -0.414 e. The van der Waals surface area contributed by atoms with Crippen LogP contribution < -0.4 is 0 Å². The highest BCUT2D eigenvalue weighted by molar-refractivity contribution is 7.03. The van der Waals surface area contributed by atoms with E-state index in [0.717, 1.165) is 17.8 Å². The van der Waals surface area contributed by atoms with E-state index in [1.807, 2.05) is 7.11 Å². The van der Waals surface area contributed by atoms with Crippen molar-refractivity contribution in [2.45, 2.75) is 90.1 Å². The SMILES string of the molecule is CO[Si](C)(/C(=C(\c1ccccc1)[Si](C)(C)C)c1ccccc1)C(O[Si](C)(C)C)C12CC3CC(CC(C3)C1)C2. The lowest BCUT2D eigenvalue weighted by Gasteiger charge is -2.62. The summed E-state index contributed by atoms with van der Waals surface area (Å²) in [5.74, 6) is 2.66.